The summed E-state index contributed by atoms with van der Waals surface area (Å²) in [5.41, 5.74) is 0. The van der Waals surface area contributed by atoms with Crippen molar-refractivity contribution in [1.82, 2.24) is 9.78 Å². The molecule has 1 N–H and O–H groups in total. The van der Waals surface area contributed by atoms with Crippen LogP contribution >= 0.6 is 0 Å². The van der Waals surface area contributed by atoms with Gasteiger partial charge in [-0.2, -0.15) is 13.5 Å². The standard InChI is InChI=1S/C5H7N3O4S.Na.H/c1-8-5(2-3-6-8)7-13(10,11)12-4-9;;/h2-4,7H,1H3;;. The van der Waals surface area contributed by atoms with Gasteiger partial charge in [0, 0.05) is 13.1 Å². The average molecular weight is 229 g/mol. The minimum atomic E-state index is -4.06. The summed E-state index contributed by atoms with van der Waals surface area (Å²) in [4.78, 5) is 9.77. The number of anilines is 1. The van der Waals surface area contributed by atoms with Gasteiger partial charge in [0.25, 0.3) is 0 Å². The molecule has 1 aromatic heterocycles. The molecular formula is C5H8N3NaO4S. The van der Waals surface area contributed by atoms with Gasteiger partial charge < -0.3 is 4.18 Å². The topological polar surface area (TPSA) is 90.3 Å². The first-order valence-corrected chi connectivity index (χ1v) is 4.58. The summed E-state index contributed by atoms with van der Waals surface area (Å²) in [6.07, 6.45) is 1.40. The minimum absolute atomic E-state index is 0. The van der Waals surface area contributed by atoms with Crippen molar-refractivity contribution < 1.29 is 17.4 Å². The summed E-state index contributed by atoms with van der Waals surface area (Å²) in [7, 11) is -2.52. The zero-order chi connectivity index (χ0) is 9.90. The van der Waals surface area contributed by atoms with Gasteiger partial charge in [0.1, 0.15) is 5.82 Å². The van der Waals surface area contributed by atoms with Gasteiger partial charge in [0.05, 0.1) is 6.20 Å². The van der Waals surface area contributed by atoms with E-state index in [9.17, 15) is 13.2 Å². The van der Waals surface area contributed by atoms with E-state index in [4.69, 9.17) is 0 Å². The molecule has 0 aliphatic heterocycles. The van der Waals surface area contributed by atoms with Crippen molar-refractivity contribution in [2.45, 2.75) is 0 Å². The monoisotopic (exact) mass is 229 g/mol. The van der Waals surface area contributed by atoms with E-state index in [2.05, 4.69) is 9.28 Å². The second-order valence-corrected chi connectivity index (χ2v) is 3.39. The molecular weight excluding hydrogens is 221 g/mol. The molecule has 0 aliphatic rings. The fraction of sp³-hybridized carbons (Fsp3) is 0.200. The van der Waals surface area contributed by atoms with E-state index in [-0.39, 0.29) is 41.8 Å². The second kappa shape index (κ2) is 5.35. The predicted molar refractivity (Wildman–Crippen MR) is 50.0 cm³/mol. The normalized spacial score (nSPS) is 10.1. The van der Waals surface area contributed by atoms with Crippen LogP contribution < -0.4 is 4.72 Å². The first-order valence-electron chi connectivity index (χ1n) is 3.18. The number of carbonyl (C=O) groups excluding carboxylic acids is 1. The van der Waals surface area contributed by atoms with E-state index in [1.54, 1.807) is 7.05 Å². The Bertz CT molecular complexity index is 401. The summed E-state index contributed by atoms with van der Waals surface area (Å²) in [5, 5.41) is 3.71. The molecule has 9 heteroatoms. The van der Waals surface area contributed by atoms with Crippen LogP contribution in [0.4, 0.5) is 5.82 Å². The van der Waals surface area contributed by atoms with Crippen molar-refractivity contribution in [2.75, 3.05) is 4.72 Å². The summed E-state index contributed by atoms with van der Waals surface area (Å²) in [5.74, 6) is 0.210. The number of aromatic nitrogens is 2. The first kappa shape index (κ1) is 13.4. The maximum absolute atomic E-state index is 10.8. The van der Waals surface area contributed by atoms with E-state index < -0.39 is 10.3 Å². The molecule has 0 bridgehead atoms. The third-order valence-electron chi connectivity index (χ3n) is 1.22. The number of aryl methyl sites for hydroxylation is 1. The van der Waals surface area contributed by atoms with Crippen molar-refractivity contribution in [3.63, 3.8) is 0 Å². The van der Waals surface area contributed by atoms with Gasteiger partial charge in [0.15, 0.2) is 0 Å². The zero-order valence-corrected chi connectivity index (χ0v) is 7.48. The van der Waals surface area contributed by atoms with Crippen LogP contribution in [0, 0.1) is 0 Å². The third-order valence-corrected chi connectivity index (χ3v) is 2.01. The van der Waals surface area contributed by atoms with E-state index >= 15 is 0 Å². The molecule has 0 aromatic carbocycles. The molecule has 0 radical (unpaired) electrons. The van der Waals surface area contributed by atoms with Crippen molar-refractivity contribution in [1.29, 1.82) is 0 Å². The van der Waals surface area contributed by atoms with E-state index in [1.165, 1.54) is 16.9 Å². The van der Waals surface area contributed by atoms with Gasteiger partial charge in [-0.15, -0.1) is 0 Å². The molecule has 0 unspecified atom stereocenters. The number of hydrogen-bond donors (Lipinski definition) is 1. The molecule has 0 spiro atoms. The quantitative estimate of drug-likeness (QED) is 0.506. The molecule has 0 aliphatic carbocycles. The van der Waals surface area contributed by atoms with E-state index in [0.717, 1.165) is 0 Å². The fourth-order valence-electron chi connectivity index (χ4n) is 0.678. The van der Waals surface area contributed by atoms with Gasteiger partial charge >= 0.3 is 46.3 Å². The van der Waals surface area contributed by atoms with E-state index in [1.807, 2.05) is 4.72 Å². The number of rotatable bonds is 4. The van der Waals surface area contributed by atoms with Crippen LogP contribution in [0.5, 0.6) is 0 Å². The van der Waals surface area contributed by atoms with Crippen molar-refractivity contribution in [2.24, 2.45) is 7.05 Å². The maximum atomic E-state index is 10.8. The molecule has 7 nitrogen and oxygen atoms in total. The van der Waals surface area contributed by atoms with Gasteiger partial charge in [0.2, 0.25) is 0 Å². The second-order valence-electron chi connectivity index (χ2n) is 2.09. The summed E-state index contributed by atoms with van der Waals surface area (Å²) >= 11 is 0. The molecule has 1 heterocycles. The Labute approximate surface area is 103 Å². The Morgan fingerprint density at radius 3 is 2.71 bits per heavy atom. The molecule has 0 fully saturated rings. The van der Waals surface area contributed by atoms with Crippen LogP contribution in [0.25, 0.3) is 0 Å². The van der Waals surface area contributed by atoms with Crippen molar-refractivity contribution in [3.8, 4) is 0 Å². The van der Waals surface area contributed by atoms with Gasteiger partial charge in [-0.3, -0.25) is 9.48 Å². The van der Waals surface area contributed by atoms with Crippen LogP contribution in [-0.4, -0.2) is 54.2 Å². The zero-order valence-electron chi connectivity index (χ0n) is 6.67. The molecule has 0 atom stereocenters. The number of hydrogen-bond acceptors (Lipinski definition) is 5. The van der Waals surface area contributed by atoms with Gasteiger partial charge in [-0.25, -0.2) is 4.72 Å². The predicted octanol–water partition coefficient (Wildman–Crippen LogP) is -1.40. The van der Waals surface area contributed by atoms with Crippen LogP contribution in [0.1, 0.15) is 0 Å². The molecule has 0 amide bonds. The van der Waals surface area contributed by atoms with Crippen LogP contribution in [0.15, 0.2) is 12.3 Å². The Hall–Kier alpha value is -0.570. The molecule has 1 aromatic rings. The fourth-order valence-corrected chi connectivity index (χ4v) is 1.29. The average Bonchev–Trinajstić information content (AvgIpc) is 2.35. The van der Waals surface area contributed by atoms with Crippen LogP contribution in [0.3, 0.4) is 0 Å². The molecule has 14 heavy (non-hydrogen) atoms. The number of carbonyl (C=O) groups is 1. The third kappa shape index (κ3) is 3.66. The van der Waals surface area contributed by atoms with Gasteiger partial charge in [-0.05, 0) is 0 Å². The Morgan fingerprint density at radius 2 is 2.29 bits per heavy atom. The van der Waals surface area contributed by atoms with Crippen LogP contribution in [-0.2, 0) is 26.3 Å². The number of nitrogens with one attached hydrogen (secondary N) is 1. The summed E-state index contributed by atoms with van der Waals surface area (Å²) < 4.78 is 28.8. The van der Waals surface area contributed by atoms with Gasteiger partial charge in [-0.1, -0.05) is 0 Å². The summed E-state index contributed by atoms with van der Waals surface area (Å²) in [6, 6.07) is 1.42. The summed E-state index contributed by atoms with van der Waals surface area (Å²) in [6.45, 7) is -0.168. The van der Waals surface area contributed by atoms with Crippen LogP contribution in [0.2, 0.25) is 0 Å². The first-order chi connectivity index (χ1) is 6.05. The molecule has 0 saturated heterocycles. The SMILES string of the molecule is Cn1nccc1NS(=O)(=O)OC=O.[NaH]. The van der Waals surface area contributed by atoms with Crippen molar-refractivity contribution >= 4 is 52.2 Å². The molecule has 74 valence electrons. The molecule has 1 rings (SSSR count). The Kier molecular flexibility index (Phi) is 5.13. The van der Waals surface area contributed by atoms with Crippen molar-refractivity contribution in [3.05, 3.63) is 12.3 Å². The Morgan fingerprint density at radius 1 is 1.64 bits per heavy atom. The van der Waals surface area contributed by atoms with E-state index in [0.29, 0.717) is 0 Å². The Balaban J connectivity index is 0.00000169. The number of nitrogens with zero attached hydrogens (tertiary/aromatic N) is 2. The molecule has 0 saturated carbocycles.